The molecule has 0 spiro atoms. The Morgan fingerprint density at radius 2 is 1.88 bits per heavy atom. The molecule has 6 heteroatoms. The van der Waals surface area contributed by atoms with Crippen LogP contribution in [-0.2, 0) is 6.54 Å². The summed E-state index contributed by atoms with van der Waals surface area (Å²) in [6.07, 6.45) is 1.59. The van der Waals surface area contributed by atoms with Crippen LogP contribution in [0.1, 0.15) is 23.5 Å². The van der Waals surface area contributed by atoms with Crippen molar-refractivity contribution in [2.75, 3.05) is 0 Å². The van der Waals surface area contributed by atoms with Crippen molar-refractivity contribution in [1.29, 1.82) is 10.8 Å². The molecular weight excluding hydrogens is 312 g/mol. The quantitative estimate of drug-likeness (QED) is 0.549. The zero-order valence-electron chi connectivity index (χ0n) is 13.9. The highest BCUT2D eigenvalue weighted by atomic mass is 15.2. The normalized spacial score (nSPS) is 11.2. The average Bonchev–Trinajstić information content (AvgIpc) is 3.17. The van der Waals surface area contributed by atoms with Gasteiger partial charge < -0.3 is 15.4 Å². The standard InChI is InChI=1S/C19H18N6/c1-13-22-23-19-8-7-16-18(25(13)19)11-17(15(21)9-10-20)24(16)12-14-5-3-2-4-6-14/h2-8,10-11,20-21H,9,12H2,1H3. The van der Waals surface area contributed by atoms with Crippen molar-refractivity contribution in [1.82, 2.24) is 19.2 Å². The Labute approximate surface area is 144 Å². The summed E-state index contributed by atoms with van der Waals surface area (Å²) in [6.45, 7) is 2.60. The summed E-state index contributed by atoms with van der Waals surface area (Å²) in [5.41, 5.74) is 5.24. The van der Waals surface area contributed by atoms with Crippen molar-refractivity contribution in [3.63, 3.8) is 0 Å². The first kappa shape index (κ1) is 15.3. The molecular formula is C19H18N6. The van der Waals surface area contributed by atoms with Crippen molar-refractivity contribution < 1.29 is 0 Å². The first-order chi connectivity index (χ1) is 12.2. The minimum Gasteiger partial charge on any atom is -0.334 e. The number of aryl methyl sites for hydroxylation is 1. The Bertz CT molecular complexity index is 1090. The molecule has 0 unspecified atom stereocenters. The molecule has 25 heavy (non-hydrogen) atoms. The molecule has 2 N–H and O–H groups in total. The molecule has 3 aromatic heterocycles. The second-order valence-corrected chi connectivity index (χ2v) is 6.03. The van der Waals surface area contributed by atoms with Gasteiger partial charge in [0.15, 0.2) is 5.65 Å². The molecule has 0 fully saturated rings. The summed E-state index contributed by atoms with van der Waals surface area (Å²) in [5, 5.41) is 24.1. The number of hydrogen-bond acceptors (Lipinski definition) is 4. The smallest absolute Gasteiger partial charge is 0.161 e. The van der Waals surface area contributed by atoms with Crippen LogP contribution in [0.25, 0.3) is 16.7 Å². The largest absolute Gasteiger partial charge is 0.334 e. The molecule has 0 amide bonds. The molecule has 0 aliphatic heterocycles. The fraction of sp³-hybridized carbons (Fsp3) is 0.158. The lowest BCUT2D eigenvalue weighted by molar-refractivity contribution is 0.825. The summed E-state index contributed by atoms with van der Waals surface area (Å²) < 4.78 is 4.15. The lowest BCUT2D eigenvalue weighted by atomic mass is 10.2. The van der Waals surface area contributed by atoms with Crippen LogP contribution in [0.3, 0.4) is 0 Å². The van der Waals surface area contributed by atoms with Crippen LogP contribution in [0, 0.1) is 17.7 Å². The third-order valence-corrected chi connectivity index (χ3v) is 4.40. The predicted octanol–water partition coefficient (Wildman–Crippen LogP) is 3.45. The number of pyridine rings is 1. The number of fused-ring (bicyclic) bond motifs is 3. The van der Waals surface area contributed by atoms with Gasteiger partial charge in [0, 0.05) is 19.2 Å². The monoisotopic (exact) mass is 330 g/mol. The van der Waals surface area contributed by atoms with Gasteiger partial charge in [-0.15, -0.1) is 10.2 Å². The highest BCUT2D eigenvalue weighted by molar-refractivity contribution is 6.06. The van der Waals surface area contributed by atoms with Gasteiger partial charge in [-0.2, -0.15) is 0 Å². The summed E-state index contributed by atoms with van der Waals surface area (Å²) in [5.74, 6) is 0.822. The van der Waals surface area contributed by atoms with Crippen molar-refractivity contribution in [2.45, 2.75) is 19.9 Å². The molecule has 4 rings (SSSR count). The first-order valence-electron chi connectivity index (χ1n) is 8.13. The number of nitrogens with one attached hydrogen (secondary N) is 2. The Morgan fingerprint density at radius 3 is 2.64 bits per heavy atom. The van der Waals surface area contributed by atoms with E-state index < -0.39 is 0 Å². The summed E-state index contributed by atoms with van der Waals surface area (Å²) in [4.78, 5) is 0. The van der Waals surface area contributed by atoms with E-state index in [9.17, 15) is 0 Å². The summed E-state index contributed by atoms with van der Waals surface area (Å²) in [7, 11) is 0. The Balaban J connectivity index is 1.98. The minimum absolute atomic E-state index is 0.315. The van der Waals surface area contributed by atoms with Crippen molar-refractivity contribution >= 4 is 28.6 Å². The molecule has 1 aromatic carbocycles. The van der Waals surface area contributed by atoms with Crippen LogP contribution in [0.2, 0.25) is 0 Å². The first-order valence-corrected chi connectivity index (χ1v) is 8.13. The minimum atomic E-state index is 0.315. The van der Waals surface area contributed by atoms with Crippen LogP contribution >= 0.6 is 0 Å². The third-order valence-electron chi connectivity index (χ3n) is 4.40. The lowest BCUT2D eigenvalue weighted by Crippen LogP contribution is -2.10. The molecule has 0 aliphatic rings. The van der Waals surface area contributed by atoms with Gasteiger partial charge in [0.1, 0.15) is 5.82 Å². The second-order valence-electron chi connectivity index (χ2n) is 6.03. The highest BCUT2D eigenvalue weighted by Gasteiger charge is 2.16. The molecule has 0 atom stereocenters. The number of nitrogens with zero attached hydrogens (tertiary/aromatic N) is 4. The SMILES string of the molecule is Cc1nnc2ccc3c(cc(C(=N)CC=N)n3Cc3ccccc3)n12. The fourth-order valence-corrected chi connectivity index (χ4v) is 3.23. The Morgan fingerprint density at radius 1 is 1.08 bits per heavy atom. The summed E-state index contributed by atoms with van der Waals surface area (Å²) in [6, 6.07) is 16.2. The van der Waals surface area contributed by atoms with Gasteiger partial charge >= 0.3 is 0 Å². The highest BCUT2D eigenvalue weighted by Crippen LogP contribution is 2.24. The molecule has 0 bridgehead atoms. The van der Waals surface area contributed by atoms with E-state index in [-0.39, 0.29) is 0 Å². The number of rotatable bonds is 5. The molecule has 0 saturated heterocycles. The van der Waals surface area contributed by atoms with E-state index in [4.69, 9.17) is 10.8 Å². The summed E-state index contributed by atoms with van der Waals surface area (Å²) >= 11 is 0. The lowest BCUT2D eigenvalue weighted by Gasteiger charge is -2.11. The van der Waals surface area contributed by atoms with E-state index in [1.165, 1.54) is 11.8 Å². The van der Waals surface area contributed by atoms with Crippen LogP contribution in [-0.4, -0.2) is 31.1 Å². The van der Waals surface area contributed by atoms with Gasteiger partial charge in [0.05, 0.1) is 22.4 Å². The molecule has 6 nitrogen and oxygen atoms in total. The number of hydrogen-bond donors (Lipinski definition) is 2. The van der Waals surface area contributed by atoms with Crippen LogP contribution in [0.5, 0.6) is 0 Å². The molecule has 0 saturated carbocycles. The van der Waals surface area contributed by atoms with Gasteiger partial charge in [0.25, 0.3) is 0 Å². The Hall–Kier alpha value is -3.28. The maximum absolute atomic E-state index is 8.38. The van der Waals surface area contributed by atoms with Gasteiger partial charge in [-0.25, -0.2) is 0 Å². The fourth-order valence-electron chi connectivity index (χ4n) is 3.23. The van der Waals surface area contributed by atoms with E-state index in [0.29, 0.717) is 18.7 Å². The number of aromatic nitrogens is 4. The third kappa shape index (κ3) is 2.52. The molecule has 4 aromatic rings. The maximum Gasteiger partial charge on any atom is 0.161 e. The second kappa shape index (κ2) is 5.98. The number of benzene rings is 1. The van der Waals surface area contributed by atoms with Gasteiger partial charge in [0.2, 0.25) is 0 Å². The predicted molar refractivity (Wildman–Crippen MR) is 99.0 cm³/mol. The van der Waals surface area contributed by atoms with Crippen LogP contribution in [0.4, 0.5) is 0 Å². The van der Waals surface area contributed by atoms with Crippen LogP contribution in [0.15, 0.2) is 48.5 Å². The topological polar surface area (TPSA) is 82.8 Å². The van der Waals surface area contributed by atoms with Gasteiger partial charge in [-0.05, 0) is 30.7 Å². The van der Waals surface area contributed by atoms with E-state index >= 15 is 0 Å². The van der Waals surface area contributed by atoms with E-state index in [0.717, 1.165) is 28.2 Å². The zero-order chi connectivity index (χ0) is 17.4. The van der Waals surface area contributed by atoms with Gasteiger partial charge in [-0.1, -0.05) is 30.3 Å². The molecule has 0 radical (unpaired) electrons. The van der Waals surface area contributed by atoms with E-state index in [1.807, 2.05) is 47.7 Å². The molecule has 3 heterocycles. The van der Waals surface area contributed by atoms with E-state index in [1.54, 1.807) is 0 Å². The average molecular weight is 330 g/mol. The van der Waals surface area contributed by atoms with Gasteiger partial charge in [-0.3, -0.25) is 4.40 Å². The van der Waals surface area contributed by atoms with Crippen molar-refractivity contribution in [3.8, 4) is 0 Å². The van der Waals surface area contributed by atoms with E-state index in [2.05, 4.69) is 26.9 Å². The maximum atomic E-state index is 8.38. The Kier molecular flexibility index (Phi) is 3.65. The van der Waals surface area contributed by atoms with Crippen LogP contribution < -0.4 is 0 Å². The molecule has 124 valence electrons. The van der Waals surface area contributed by atoms with Crippen molar-refractivity contribution in [2.24, 2.45) is 0 Å². The van der Waals surface area contributed by atoms with Crippen molar-refractivity contribution in [3.05, 3.63) is 65.6 Å². The molecule has 0 aliphatic carbocycles. The zero-order valence-corrected chi connectivity index (χ0v) is 13.9.